The molecule has 8 nitrogen and oxygen atoms in total. The van der Waals surface area contributed by atoms with Gasteiger partial charge >= 0.3 is 0 Å². The number of hydrogen-bond acceptors (Lipinski definition) is 8. The highest BCUT2D eigenvalue weighted by Crippen LogP contribution is 2.29. The average Bonchev–Trinajstić information content (AvgIpc) is 3.35. The van der Waals surface area contributed by atoms with E-state index in [0.29, 0.717) is 24.7 Å². The minimum atomic E-state index is -0.0388. The van der Waals surface area contributed by atoms with Crippen molar-refractivity contribution in [2.75, 3.05) is 23.7 Å². The Hall–Kier alpha value is -2.94. The summed E-state index contributed by atoms with van der Waals surface area (Å²) in [7, 11) is 0. The van der Waals surface area contributed by atoms with Crippen LogP contribution in [-0.2, 0) is 4.79 Å². The number of anilines is 3. The Labute approximate surface area is 147 Å². The summed E-state index contributed by atoms with van der Waals surface area (Å²) in [5.41, 5.74) is 1.54. The molecular formula is C16H16N6O2S. The molecule has 1 atom stereocenters. The van der Waals surface area contributed by atoms with Crippen LogP contribution in [-0.4, -0.2) is 45.1 Å². The Morgan fingerprint density at radius 1 is 1.48 bits per heavy atom. The summed E-state index contributed by atoms with van der Waals surface area (Å²) in [4.78, 5) is 22.6. The Morgan fingerprint density at radius 3 is 3.20 bits per heavy atom. The van der Waals surface area contributed by atoms with Crippen molar-refractivity contribution in [1.82, 2.24) is 20.0 Å². The third kappa shape index (κ3) is 3.18. The van der Waals surface area contributed by atoms with Gasteiger partial charge in [0.2, 0.25) is 11.9 Å². The summed E-state index contributed by atoms with van der Waals surface area (Å²) < 4.78 is 5.80. The Balaban J connectivity index is 1.57. The average molecular weight is 356 g/mol. The van der Waals surface area contributed by atoms with E-state index >= 15 is 0 Å². The molecule has 0 spiro atoms. The summed E-state index contributed by atoms with van der Waals surface area (Å²) >= 11 is 1.58. The summed E-state index contributed by atoms with van der Waals surface area (Å²) in [5, 5.41) is 12.2. The van der Waals surface area contributed by atoms with Crippen LogP contribution in [0, 0.1) is 0 Å². The standard InChI is InChI=1S/C16H16N6O2S/c1-2-13(23)22-5-3-10(8-22)18-15-14-12(4-6-25-14)20-16(21-15)19-11-7-17-24-9-11/h2,4,6-7,9-10H,1,3,5,8H2,(H2,18,19,20,21)/t10-/m1/s1. The fraction of sp³-hybridized carbons (Fsp3) is 0.250. The predicted molar refractivity (Wildman–Crippen MR) is 96.0 cm³/mol. The lowest BCUT2D eigenvalue weighted by Crippen LogP contribution is -2.30. The zero-order valence-corrected chi connectivity index (χ0v) is 14.1. The van der Waals surface area contributed by atoms with Gasteiger partial charge in [-0.25, -0.2) is 4.98 Å². The Morgan fingerprint density at radius 2 is 2.40 bits per heavy atom. The molecule has 0 unspecified atom stereocenters. The van der Waals surface area contributed by atoms with E-state index in [1.54, 1.807) is 22.4 Å². The molecule has 3 aromatic heterocycles. The van der Waals surface area contributed by atoms with Crippen molar-refractivity contribution in [2.24, 2.45) is 0 Å². The minimum Gasteiger partial charge on any atom is -0.364 e. The second-order valence-electron chi connectivity index (χ2n) is 5.69. The number of aromatic nitrogens is 3. The first kappa shape index (κ1) is 15.6. The lowest BCUT2D eigenvalue weighted by molar-refractivity contribution is -0.125. The monoisotopic (exact) mass is 356 g/mol. The van der Waals surface area contributed by atoms with Gasteiger partial charge in [-0.3, -0.25) is 4.79 Å². The third-order valence-electron chi connectivity index (χ3n) is 4.01. The highest BCUT2D eigenvalue weighted by Gasteiger charge is 2.25. The number of rotatable bonds is 5. The molecule has 1 amide bonds. The van der Waals surface area contributed by atoms with Gasteiger partial charge in [-0.2, -0.15) is 4.98 Å². The lowest BCUT2D eigenvalue weighted by atomic mass is 10.2. The van der Waals surface area contributed by atoms with Gasteiger partial charge in [0.15, 0.2) is 0 Å². The second kappa shape index (κ2) is 6.52. The molecule has 0 radical (unpaired) electrons. The topological polar surface area (TPSA) is 96.2 Å². The fourth-order valence-corrected chi connectivity index (χ4v) is 3.60. The predicted octanol–water partition coefficient (Wildman–Crippen LogP) is 2.62. The van der Waals surface area contributed by atoms with E-state index < -0.39 is 0 Å². The van der Waals surface area contributed by atoms with Gasteiger partial charge in [-0.15, -0.1) is 11.3 Å². The highest BCUT2D eigenvalue weighted by atomic mass is 32.1. The zero-order valence-electron chi connectivity index (χ0n) is 13.3. The van der Waals surface area contributed by atoms with Gasteiger partial charge in [-0.1, -0.05) is 11.7 Å². The van der Waals surface area contributed by atoms with Gasteiger partial charge < -0.3 is 20.1 Å². The molecule has 1 fully saturated rings. The van der Waals surface area contributed by atoms with Crippen molar-refractivity contribution >= 4 is 44.9 Å². The molecule has 0 bridgehead atoms. The van der Waals surface area contributed by atoms with E-state index in [2.05, 4.69) is 32.3 Å². The number of carbonyl (C=O) groups excluding carboxylic acids is 1. The first-order valence-electron chi connectivity index (χ1n) is 7.82. The molecule has 1 aliphatic heterocycles. The number of amides is 1. The molecule has 4 rings (SSSR count). The summed E-state index contributed by atoms with van der Waals surface area (Å²) in [6.07, 6.45) is 5.27. The largest absolute Gasteiger partial charge is 0.364 e. The molecule has 1 aliphatic rings. The maximum Gasteiger partial charge on any atom is 0.246 e. The molecular weight excluding hydrogens is 340 g/mol. The van der Waals surface area contributed by atoms with Crippen LogP contribution in [0.15, 0.2) is 41.1 Å². The van der Waals surface area contributed by atoms with E-state index in [0.717, 1.165) is 22.5 Å². The van der Waals surface area contributed by atoms with Crippen molar-refractivity contribution in [3.8, 4) is 0 Å². The van der Waals surface area contributed by atoms with Crippen molar-refractivity contribution in [3.05, 3.63) is 36.6 Å². The van der Waals surface area contributed by atoms with Gasteiger partial charge in [0.25, 0.3) is 0 Å². The zero-order chi connectivity index (χ0) is 17.2. The van der Waals surface area contributed by atoms with Crippen molar-refractivity contribution < 1.29 is 9.32 Å². The van der Waals surface area contributed by atoms with Crippen molar-refractivity contribution in [2.45, 2.75) is 12.5 Å². The smallest absolute Gasteiger partial charge is 0.246 e. The summed E-state index contributed by atoms with van der Waals surface area (Å²) in [6.45, 7) is 4.89. The molecule has 4 heterocycles. The number of carbonyl (C=O) groups is 1. The van der Waals surface area contributed by atoms with Gasteiger partial charge in [0.1, 0.15) is 17.8 Å². The van der Waals surface area contributed by atoms with Crippen molar-refractivity contribution in [3.63, 3.8) is 0 Å². The number of nitrogens with zero attached hydrogens (tertiary/aromatic N) is 4. The normalized spacial score (nSPS) is 17.0. The van der Waals surface area contributed by atoms with E-state index in [1.807, 2.05) is 11.4 Å². The molecule has 0 saturated carbocycles. The Kier molecular flexibility index (Phi) is 4.06. The minimum absolute atomic E-state index is 0.0388. The van der Waals surface area contributed by atoms with Crippen LogP contribution in [0.1, 0.15) is 6.42 Å². The molecule has 1 saturated heterocycles. The number of thiophene rings is 1. The first-order valence-corrected chi connectivity index (χ1v) is 8.70. The molecule has 128 valence electrons. The lowest BCUT2D eigenvalue weighted by Gasteiger charge is -2.16. The fourth-order valence-electron chi connectivity index (χ4n) is 2.81. The van der Waals surface area contributed by atoms with Crippen LogP contribution < -0.4 is 10.6 Å². The van der Waals surface area contributed by atoms with E-state index in [1.165, 1.54) is 12.3 Å². The van der Waals surface area contributed by atoms with E-state index in [-0.39, 0.29) is 11.9 Å². The first-order chi connectivity index (χ1) is 12.2. The molecule has 0 aliphatic carbocycles. The summed E-state index contributed by atoms with van der Waals surface area (Å²) in [5.74, 6) is 1.19. The van der Waals surface area contributed by atoms with Crippen LogP contribution in [0.5, 0.6) is 0 Å². The molecule has 0 aromatic carbocycles. The van der Waals surface area contributed by atoms with Crippen molar-refractivity contribution in [1.29, 1.82) is 0 Å². The van der Waals surface area contributed by atoms with E-state index in [4.69, 9.17) is 4.52 Å². The number of hydrogen-bond donors (Lipinski definition) is 2. The highest BCUT2D eigenvalue weighted by molar-refractivity contribution is 7.17. The van der Waals surface area contributed by atoms with Gasteiger partial charge in [0, 0.05) is 19.1 Å². The molecule has 2 N–H and O–H groups in total. The molecule has 25 heavy (non-hydrogen) atoms. The van der Waals surface area contributed by atoms with Crippen LogP contribution in [0.4, 0.5) is 17.5 Å². The number of fused-ring (bicyclic) bond motifs is 1. The summed E-state index contributed by atoms with van der Waals surface area (Å²) in [6, 6.07) is 2.10. The van der Waals surface area contributed by atoms with Crippen LogP contribution in [0.25, 0.3) is 10.2 Å². The number of nitrogens with one attached hydrogen (secondary N) is 2. The maximum absolute atomic E-state index is 11.7. The molecule has 3 aromatic rings. The second-order valence-corrected chi connectivity index (χ2v) is 6.60. The van der Waals surface area contributed by atoms with E-state index in [9.17, 15) is 4.79 Å². The molecule has 9 heteroatoms. The van der Waals surface area contributed by atoms with Crippen LogP contribution >= 0.6 is 11.3 Å². The quantitative estimate of drug-likeness (QED) is 0.678. The Bertz CT molecular complexity index is 907. The van der Waals surface area contributed by atoms with Crippen LogP contribution in [0.2, 0.25) is 0 Å². The maximum atomic E-state index is 11.7. The van der Waals surface area contributed by atoms with Crippen LogP contribution in [0.3, 0.4) is 0 Å². The third-order valence-corrected chi connectivity index (χ3v) is 4.92. The number of likely N-dealkylation sites (tertiary alicyclic amines) is 1. The van der Waals surface area contributed by atoms with Gasteiger partial charge in [0.05, 0.1) is 16.4 Å². The SMILES string of the molecule is C=CC(=O)N1CC[C@@H](Nc2nc(Nc3cnoc3)nc3ccsc23)C1. The van der Waals surface area contributed by atoms with Gasteiger partial charge in [-0.05, 0) is 23.9 Å².